The fraction of sp³-hybridized carbons (Fsp3) is 0.588. The normalized spacial score (nSPS) is 18.4. The van der Waals surface area contributed by atoms with E-state index < -0.39 is 0 Å². The summed E-state index contributed by atoms with van der Waals surface area (Å²) in [5.41, 5.74) is 1.57. The minimum absolute atomic E-state index is 0. The molecule has 0 atom stereocenters. The van der Waals surface area contributed by atoms with Gasteiger partial charge in [0.25, 0.3) is 0 Å². The van der Waals surface area contributed by atoms with E-state index in [0.29, 0.717) is 18.8 Å². The van der Waals surface area contributed by atoms with Crippen LogP contribution in [-0.2, 0) is 6.54 Å². The fourth-order valence-electron chi connectivity index (χ4n) is 3.16. The maximum atomic E-state index is 5.40. The van der Waals surface area contributed by atoms with Gasteiger partial charge >= 0.3 is 0 Å². The second-order valence-corrected chi connectivity index (χ2v) is 6.48. The Morgan fingerprint density at radius 2 is 1.91 bits per heavy atom. The molecule has 1 saturated carbocycles. The monoisotopic (exact) mass is 431 g/mol. The molecule has 1 aliphatic heterocycles. The molecule has 0 saturated heterocycles. The summed E-state index contributed by atoms with van der Waals surface area (Å²) in [5, 5.41) is 6.82. The first-order valence-corrected chi connectivity index (χ1v) is 8.02. The molecule has 0 aromatic heterocycles. The zero-order valence-corrected chi connectivity index (χ0v) is 16.2. The van der Waals surface area contributed by atoms with Crippen LogP contribution in [-0.4, -0.2) is 26.3 Å². The van der Waals surface area contributed by atoms with Gasteiger partial charge in [-0.05, 0) is 36.0 Å². The third kappa shape index (κ3) is 4.65. The van der Waals surface area contributed by atoms with Crippen LogP contribution in [0.4, 0.5) is 0 Å². The first kappa shape index (κ1) is 18.2. The fourth-order valence-corrected chi connectivity index (χ4v) is 3.16. The molecule has 3 rings (SSSR count). The predicted molar refractivity (Wildman–Crippen MR) is 103 cm³/mol. The minimum Gasteiger partial charge on any atom is -0.454 e. The Morgan fingerprint density at radius 3 is 2.65 bits per heavy atom. The van der Waals surface area contributed by atoms with Crippen LogP contribution in [0.2, 0.25) is 0 Å². The van der Waals surface area contributed by atoms with Gasteiger partial charge in [-0.15, -0.1) is 24.0 Å². The van der Waals surface area contributed by atoms with Crippen LogP contribution < -0.4 is 20.1 Å². The largest absolute Gasteiger partial charge is 0.454 e. The van der Waals surface area contributed by atoms with Crippen molar-refractivity contribution in [3.8, 4) is 11.5 Å². The summed E-state index contributed by atoms with van der Waals surface area (Å²) in [6.07, 6.45) is 5.31. The van der Waals surface area contributed by atoms with Crippen molar-refractivity contribution in [3.63, 3.8) is 0 Å². The Labute approximate surface area is 155 Å². The van der Waals surface area contributed by atoms with E-state index in [9.17, 15) is 0 Å². The quantitative estimate of drug-likeness (QED) is 0.437. The van der Waals surface area contributed by atoms with E-state index in [2.05, 4.69) is 22.5 Å². The van der Waals surface area contributed by atoms with Gasteiger partial charge in [0.15, 0.2) is 17.5 Å². The minimum atomic E-state index is 0. The van der Waals surface area contributed by atoms with Crippen molar-refractivity contribution in [1.29, 1.82) is 0 Å². The van der Waals surface area contributed by atoms with Gasteiger partial charge in [0.2, 0.25) is 6.79 Å². The van der Waals surface area contributed by atoms with E-state index in [1.807, 2.05) is 25.2 Å². The second kappa shape index (κ2) is 8.08. The van der Waals surface area contributed by atoms with Crippen molar-refractivity contribution in [3.05, 3.63) is 23.8 Å². The second-order valence-electron chi connectivity index (χ2n) is 6.48. The molecule has 1 aromatic rings. The van der Waals surface area contributed by atoms with Crippen LogP contribution in [0.25, 0.3) is 0 Å². The maximum Gasteiger partial charge on any atom is 0.231 e. The SMILES string of the molecule is CN=C(NCc1ccc2c(c1)OCO2)NCC1(C)CCCC1.I. The van der Waals surface area contributed by atoms with Crippen molar-refractivity contribution in [2.45, 2.75) is 39.2 Å². The number of fused-ring (bicyclic) bond motifs is 1. The van der Waals surface area contributed by atoms with Crippen LogP contribution >= 0.6 is 24.0 Å². The summed E-state index contributed by atoms with van der Waals surface area (Å²) in [7, 11) is 1.81. The molecule has 0 radical (unpaired) electrons. The molecule has 23 heavy (non-hydrogen) atoms. The van der Waals surface area contributed by atoms with Gasteiger partial charge < -0.3 is 20.1 Å². The van der Waals surface area contributed by atoms with Crippen LogP contribution in [0, 0.1) is 5.41 Å². The highest BCUT2D eigenvalue weighted by molar-refractivity contribution is 14.0. The van der Waals surface area contributed by atoms with Gasteiger partial charge in [0, 0.05) is 20.1 Å². The van der Waals surface area contributed by atoms with Gasteiger partial charge in [0.1, 0.15) is 0 Å². The van der Waals surface area contributed by atoms with Crippen LogP contribution in [0.5, 0.6) is 11.5 Å². The van der Waals surface area contributed by atoms with Crippen molar-refractivity contribution < 1.29 is 9.47 Å². The number of benzene rings is 1. The summed E-state index contributed by atoms with van der Waals surface area (Å²) >= 11 is 0. The Bertz CT molecular complexity index is 557. The van der Waals surface area contributed by atoms with Crippen molar-refractivity contribution in [2.75, 3.05) is 20.4 Å². The third-order valence-electron chi connectivity index (χ3n) is 4.61. The van der Waals surface area contributed by atoms with E-state index in [1.54, 1.807) is 0 Å². The molecule has 0 unspecified atom stereocenters. The van der Waals surface area contributed by atoms with Crippen molar-refractivity contribution in [2.24, 2.45) is 10.4 Å². The smallest absolute Gasteiger partial charge is 0.231 e. The van der Waals surface area contributed by atoms with Crippen molar-refractivity contribution >= 4 is 29.9 Å². The summed E-state index contributed by atoms with van der Waals surface area (Å²) in [4.78, 5) is 4.31. The molecular formula is C17H26IN3O2. The predicted octanol–water partition coefficient (Wildman–Crippen LogP) is 3.28. The summed E-state index contributed by atoms with van der Waals surface area (Å²) in [6.45, 7) is 4.37. The molecular weight excluding hydrogens is 405 g/mol. The molecule has 128 valence electrons. The van der Waals surface area contributed by atoms with E-state index in [1.165, 1.54) is 25.7 Å². The number of nitrogens with zero attached hydrogens (tertiary/aromatic N) is 1. The lowest BCUT2D eigenvalue weighted by molar-refractivity contribution is 0.174. The van der Waals surface area contributed by atoms with Crippen LogP contribution in [0.15, 0.2) is 23.2 Å². The molecule has 2 N–H and O–H groups in total. The van der Waals surface area contributed by atoms with E-state index >= 15 is 0 Å². The maximum absolute atomic E-state index is 5.40. The zero-order chi connectivity index (χ0) is 15.4. The standard InChI is InChI=1S/C17H25N3O2.HI/c1-17(7-3-4-8-17)11-20-16(18-2)19-10-13-5-6-14-15(9-13)22-12-21-14;/h5-6,9H,3-4,7-8,10-12H2,1-2H3,(H2,18,19,20);1H. The highest BCUT2D eigenvalue weighted by Crippen LogP contribution is 2.36. The Morgan fingerprint density at radius 1 is 1.17 bits per heavy atom. The Kier molecular flexibility index (Phi) is 6.38. The first-order valence-electron chi connectivity index (χ1n) is 8.02. The zero-order valence-electron chi connectivity index (χ0n) is 13.9. The Balaban J connectivity index is 0.00000192. The number of hydrogen-bond acceptors (Lipinski definition) is 3. The average Bonchev–Trinajstić information content (AvgIpc) is 3.16. The topological polar surface area (TPSA) is 54.9 Å². The number of aliphatic imine (C=N–C) groups is 1. The van der Waals surface area contributed by atoms with Crippen LogP contribution in [0.1, 0.15) is 38.2 Å². The Hall–Kier alpha value is -1.18. The number of rotatable bonds is 4. The van der Waals surface area contributed by atoms with Crippen molar-refractivity contribution in [1.82, 2.24) is 10.6 Å². The average molecular weight is 431 g/mol. The summed E-state index contributed by atoms with van der Waals surface area (Å²) in [5.74, 6) is 2.49. The summed E-state index contributed by atoms with van der Waals surface area (Å²) in [6, 6.07) is 6.02. The number of guanidine groups is 1. The highest BCUT2D eigenvalue weighted by Gasteiger charge is 2.28. The van der Waals surface area contributed by atoms with Gasteiger partial charge in [-0.3, -0.25) is 4.99 Å². The number of hydrogen-bond donors (Lipinski definition) is 2. The molecule has 0 amide bonds. The number of halogens is 1. The highest BCUT2D eigenvalue weighted by atomic mass is 127. The van der Waals surface area contributed by atoms with Gasteiger partial charge in [0.05, 0.1) is 0 Å². The molecule has 0 spiro atoms. The summed E-state index contributed by atoms with van der Waals surface area (Å²) < 4.78 is 10.7. The lowest BCUT2D eigenvalue weighted by Crippen LogP contribution is -2.41. The van der Waals surface area contributed by atoms with Crippen LogP contribution in [0.3, 0.4) is 0 Å². The van der Waals surface area contributed by atoms with E-state index in [-0.39, 0.29) is 24.0 Å². The molecule has 2 aliphatic rings. The first-order chi connectivity index (χ1) is 10.7. The van der Waals surface area contributed by atoms with Gasteiger partial charge in [-0.1, -0.05) is 25.8 Å². The molecule has 1 heterocycles. The lowest BCUT2D eigenvalue weighted by atomic mass is 9.89. The van der Waals surface area contributed by atoms with Gasteiger partial charge in [-0.2, -0.15) is 0 Å². The third-order valence-corrected chi connectivity index (χ3v) is 4.61. The molecule has 1 aromatic carbocycles. The molecule has 5 nitrogen and oxygen atoms in total. The number of nitrogens with one attached hydrogen (secondary N) is 2. The molecule has 0 bridgehead atoms. The molecule has 1 aliphatic carbocycles. The number of ether oxygens (including phenoxy) is 2. The van der Waals surface area contributed by atoms with E-state index in [4.69, 9.17) is 9.47 Å². The molecule has 6 heteroatoms. The van der Waals surface area contributed by atoms with E-state index in [0.717, 1.165) is 29.6 Å². The molecule has 1 fully saturated rings. The lowest BCUT2D eigenvalue weighted by Gasteiger charge is -2.25. The van der Waals surface area contributed by atoms with Gasteiger partial charge in [-0.25, -0.2) is 0 Å².